The lowest BCUT2D eigenvalue weighted by Gasteiger charge is -2.19. The van der Waals surface area contributed by atoms with E-state index in [4.69, 9.17) is 11.6 Å². The molecular formula is C14H20ClN. The Kier molecular flexibility index (Phi) is 3.88. The van der Waals surface area contributed by atoms with Gasteiger partial charge in [0.05, 0.1) is 0 Å². The summed E-state index contributed by atoms with van der Waals surface area (Å²) in [6.45, 7) is 5.49. The molecule has 1 N–H and O–H groups in total. The molecule has 88 valence electrons. The number of benzene rings is 1. The molecule has 1 aromatic carbocycles. The topological polar surface area (TPSA) is 12.0 Å². The molecule has 1 fully saturated rings. The van der Waals surface area contributed by atoms with Crippen LogP contribution in [0.2, 0.25) is 5.02 Å². The minimum absolute atomic E-state index is 0.563. The Hall–Kier alpha value is -0.530. The summed E-state index contributed by atoms with van der Waals surface area (Å²) in [6.07, 6.45) is 2.76. The highest BCUT2D eigenvalue weighted by Crippen LogP contribution is 2.42. The van der Waals surface area contributed by atoms with E-state index < -0.39 is 0 Å². The second kappa shape index (κ2) is 5.20. The predicted molar refractivity (Wildman–Crippen MR) is 70.1 cm³/mol. The van der Waals surface area contributed by atoms with E-state index in [0.29, 0.717) is 12.0 Å². The second-order valence-electron chi connectivity index (χ2n) is 5.06. The Morgan fingerprint density at radius 2 is 1.88 bits per heavy atom. The molecule has 0 amide bonds. The Morgan fingerprint density at radius 1 is 1.25 bits per heavy atom. The summed E-state index contributed by atoms with van der Waals surface area (Å²) in [6, 6.07) is 8.91. The largest absolute Gasteiger partial charge is 0.314 e. The molecule has 0 aromatic heterocycles. The van der Waals surface area contributed by atoms with E-state index in [9.17, 15) is 0 Å². The molecule has 1 aromatic rings. The van der Waals surface area contributed by atoms with Crippen LogP contribution >= 0.6 is 11.6 Å². The van der Waals surface area contributed by atoms with Crippen LogP contribution in [0.1, 0.15) is 38.2 Å². The summed E-state index contributed by atoms with van der Waals surface area (Å²) >= 11 is 5.92. The molecule has 1 saturated carbocycles. The van der Waals surface area contributed by atoms with Crippen LogP contribution in [0.5, 0.6) is 0 Å². The van der Waals surface area contributed by atoms with Crippen molar-refractivity contribution in [3.63, 3.8) is 0 Å². The molecule has 0 bridgehead atoms. The Bertz CT molecular complexity index is 327. The summed E-state index contributed by atoms with van der Waals surface area (Å²) in [5.41, 5.74) is 1.43. The highest BCUT2D eigenvalue weighted by atomic mass is 35.5. The molecule has 0 spiro atoms. The summed E-state index contributed by atoms with van der Waals surface area (Å²) in [7, 11) is 0. The molecular weight excluding hydrogens is 218 g/mol. The van der Waals surface area contributed by atoms with Gasteiger partial charge in [-0.1, -0.05) is 37.6 Å². The third-order valence-electron chi connectivity index (χ3n) is 3.24. The maximum Gasteiger partial charge on any atom is 0.0406 e. The summed E-state index contributed by atoms with van der Waals surface area (Å²) in [5.74, 6) is 1.55. The van der Waals surface area contributed by atoms with Crippen LogP contribution in [0, 0.1) is 5.92 Å². The van der Waals surface area contributed by atoms with Crippen LogP contribution in [0.4, 0.5) is 0 Å². The molecule has 0 heterocycles. The minimum atomic E-state index is 0.563. The van der Waals surface area contributed by atoms with Gasteiger partial charge in [0.1, 0.15) is 0 Å². The quantitative estimate of drug-likeness (QED) is 0.821. The third kappa shape index (κ3) is 3.23. The molecule has 16 heavy (non-hydrogen) atoms. The van der Waals surface area contributed by atoms with Crippen molar-refractivity contribution >= 4 is 11.6 Å². The van der Waals surface area contributed by atoms with E-state index in [1.54, 1.807) is 0 Å². The van der Waals surface area contributed by atoms with Gasteiger partial charge in [-0.05, 0) is 42.4 Å². The predicted octanol–water partition coefficient (Wildman–Crippen LogP) is 3.83. The molecule has 2 heteroatoms. The lowest BCUT2D eigenvalue weighted by atomic mass is 9.94. The van der Waals surface area contributed by atoms with E-state index in [1.165, 1.54) is 18.4 Å². The van der Waals surface area contributed by atoms with Gasteiger partial charge in [-0.25, -0.2) is 0 Å². The van der Waals surface area contributed by atoms with Crippen LogP contribution in [-0.2, 0) is 0 Å². The van der Waals surface area contributed by atoms with Gasteiger partial charge in [-0.2, -0.15) is 0 Å². The molecule has 1 atom stereocenters. The first kappa shape index (κ1) is 11.9. The highest BCUT2D eigenvalue weighted by molar-refractivity contribution is 6.30. The number of nitrogens with one attached hydrogen (secondary N) is 1. The van der Waals surface area contributed by atoms with Gasteiger partial charge in [0.15, 0.2) is 0 Å². The van der Waals surface area contributed by atoms with E-state index in [1.807, 2.05) is 12.1 Å². The molecule has 0 aliphatic heterocycles. The molecule has 1 unspecified atom stereocenters. The van der Waals surface area contributed by atoms with Crippen LogP contribution in [0.3, 0.4) is 0 Å². The average molecular weight is 238 g/mol. The summed E-state index contributed by atoms with van der Waals surface area (Å²) in [4.78, 5) is 0. The summed E-state index contributed by atoms with van der Waals surface area (Å²) < 4.78 is 0. The maximum atomic E-state index is 5.92. The standard InChI is InChI=1S/C14H20ClN/c1-10(2)16-9-14(11-3-4-11)12-5-7-13(15)8-6-12/h5-8,10-11,14,16H,3-4,9H2,1-2H3. The van der Waals surface area contributed by atoms with E-state index in [-0.39, 0.29) is 0 Å². The van der Waals surface area contributed by atoms with Crippen LogP contribution < -0.4 is 5.32 Å². The van der Waals surface area contributed by atoms with Gasteiger partial charge in [-0.15, -0.1) is 0 Å². The lowest BCUT2D eigenvalue weighted by molar-refractivity contribution is 0.496. The average Bonchev–Trinajstić information content (AvgIpc) is 3.04. The van der Waals surface area contributed by atoms with Gasteiger partial charge in [0.2, 0.25) is 0 Å². The van der Waals surface area contributed by atoms with Gasteiger partial charge in [0, 0.05) is 17.6 Å². The highest BCUT2D eigenvalue weighted by Gasteiger charge is 2.31. The van der Waals surface area contributed by atoms with Gasteiger partial charge in [0.25, 0.3) is 0 Å². The van der Waals surface area contributed by atoms with Crippen molar-refractivity contribution in [2.45, 2.75) is 38.6 Å². The second-order valence-corrected chi connectivity index (χ2v) is 5.49. The number of halogens is 1. The summed E-state index contributed by atoms with van der Waals surface area (Å²) in [5, 5.41) is 4.38. The lowest BCUT2D eigenvalue weighted by Crippen LogP contribution is -2.28. The van der Waals surface area contributed by atoms with Crippen molar-refractivity contribution in [1.29, 1.82) is 0 Å². The van der Waals surface area contributed by atoms with E-state index >= 15 is 0 Å². The van der Waals surface area contributed by atoms with Crippen molar-refractivity contribution in [3.8, 4) is 0 Å². The molecule has 1 nitrogen and oxygen atoms in total. The first-order valence-electron chi connectivity index (χ1n) is 6.15. The van der Waals surface area contributed by atoms with Crippen LogP contribution in [-0.4, -0.2) is 12.6 Å². The zero-order valence-electron chi connectivity index (χ0n) is 10.0. The van der Waals surface area contributed by atoms with Crippen molar-refractivity contribution in [1.82, 2.24) is 5.32 Å². The molecule has 2 rings (SSSR count). The van der Waals surface area contributed by atoms with Gasteiger partial charge in [-0.3, -0.25) is 0 Å². The SMILES string of the molecule is CC(C)NCC(c1ccc(Cl)cc1)C1CC1. The fraction of sp³-hybridized carbons (Fsp3) is 0.571. The Labute approximate surface area is 103 Å². The van der Waals surface area contributed by atoms with Crippen molar-refractivity contribution < 1.29 is 0 Å². The smallest absolute Gasteiger partial charge is 0.0406 e. The van der Waals surface area contributed by atoms with E-state index in [0.717, 1.165) is 17.5 Å². The van der Waals surface area contributed by atoms with Crippen molar-refractivity contribution in [2.75, 3.05) is 6.54 Å². The Balaban J connectivity index is 2.03. The van der Waals surface area contributed by atoms with Gasteiger partial charge < -0.3 is 5.32 Å². The molecule has 1 aliphatic carbocycles. The first-order valence-corrected chi connectivity index (χ1v) is 6.53. The monoisotopic (exact) mass is 237 g/mol. The van der Waals surface area contributed by atoms with Crippen LogP contribution in [0.25, 0.3) is 0 Å². The third-order valence-corrected chi connectivity index (χ3v) is 3.49. The molecule has 0 radical (unpaired) electrons. The minimum Gasteiger partial charge on any atom is -0.314 e. The van der Waals surface area contributed by atoms with Gasteiger partial charge >= 0.3 is 0 Å². The first-order chi connectivity index (χ1) is 7.66. The number of rotatable bonds is 5. The number of hydrogen-bond acceptors (Lipinski definition) is 1. The Morgan fingerprint density at radius 3 is 2.38 bits per heavy atom. The fourth-order valence-corrected chi connectivity index (χ4v) is 2.25. The van der Waals surface area contributed by atoms with E-state index in [2.05, 4.69) is 31.3 Å². The maximum absolute atomic E-state index is 5.92. The van der Waals surface area contributed by atoms with Crippen LogP contribution in [0.15, 0.2) is 24.3 Å². The van der Waals surface area contributed by atoms with Crippen molar-refractivity contribution in [2.24, 2.45) is 5.92 Å². The van der Waals surface area contributed by atoms with Crippen molar-refractivity contribution in [3.05, 3.63) is 34.9 Å². The number of hydrogen-bond donors (Lipinski definition) is 1. The normalized spacial score (nSPS) is 17.8. The zero-order chi connectivity index (χ0) is 11.5. The molecule has 0 saturated heterocycles. The zero-order valence-corrected chi connectivity index (χ0v) is 10.8. The fourth-order valence-electron chi connectivity index (χ4n) is 2.13. The molecule has 1 aliphatic rings.